The van der Waals surface area contributed by atoms with Gasteiger partial charge in [0.25, 0.3) is 0 Å². The summed E-state index contributed by atoms with van der Waals surface area (Å²) in [7, 11) is -2.07. The van der Waals surface area contributed by atoms with Crippen molar-refractivity contribution in [3.63, 3.8) is 0 Å². The number of carbonyl (C=O) groups is 2. The quantitative estimate of drug-likeness (QED) is 0.543. The van der Waals surface area contributed by atoms with Crippen molar-refractivity contribution in [3.8, 4) is 5.75 Å². The fourth-order valence-corrected chi connectivity index (χ4v) is 6.23. The fraction of sp³-hybridized carbons (Fsp3) is 0.308. The maximum atomic E-state index is 13.0. The third-order valence-corrected chi connectivity index (χ3v) is 8.28. The highest BCUT2D eigenvalue weighted by molar-refractivity contribution is 7.87. The first-order valence-corrected chi connectivity index (χ1v) is 13.1. The molecule has 0 amide bonds. The first-order chi connectivity index (χ1) is 16.3. The lowest BCUT2D eigenvalue weighted by Gasteiger charge is -2.42. The topological polar surface area (TPSA) is 80.8 Å². The lowest BCUT2D eigenvalue weighted by molar-refractivity contribution is -0.117. The molecule has 34 heavy (non-hydrogen) atoms. The molecule has 5 rings (SSSR count). The number of hydrogen-bond donors (Lipinski definition) is 0. The molecule has 2 aromatic carbocycles. The summed E-state index contributed by atoms with van der Waals surface area (Å²) in [6.07, 6.45) is 4.17. The largest absolute Gasteiger partial charge is 0.379 e. The van der Waals surface area contributed by atoms with E-state index in [9.17, 15) is 18.0 Å². The molecule has 8 heteroatoms. The van der Waals surface area contributed by atoms with Crippen LogP contribution in [0.4, 0.5) is 0 Å². The third-order valence-electron chi connectivity index (χ3n) is 6.77. The molecule has 0 saturated carbocycles. The Kier molecular flexibility index (Phi) is 5.86. The van der Waals surface area contributed by atoms with Gasteiger partial charge in [0.1, 0.15) is 10.6 Å². The van der Waals surface area contributed by atoms with Crippen molar-refractivity contribution in [1.82, 2.24) is 4.90 Å². The molecule has 0 N–H and O–H groups in total. The van der Waals surface area contributed by atoms with Gasteiger partial charge in [-0.1, -0.05) is 23.7 Å². The smallest absolute Gasteiger partial charge is 0.339 e. The Morgan fingerprint density at radius 3 is 1.88 bits per heavy atom. The molecular formula is C26H24ClNO5S. The fourth-order valence-electron chi connectivity index (χ4n) is 5.18. The minimum Gasteiger partial charge on any atom is -0.379 e. The van der Waals surface area contributed by atoms with Crippen LogP contribution in [-0.2, 0) is 19.7 Å². The Morgan fingerprint density at radius 2 is 1.35 bits per heavy atom. The van der Waals surface area contributed by atoms with Gasteiger partial charge in [-0.05, 0) is 67.6 Å². The first-order valence-electron chi connectivity index (χ1n) is 11.3. The van der Waals surface area contributed by atoms with E-state index in [4.69, 9.17) is 15.8 Å². The number of benzene rings is 2. The van der Waals surface area contributed by atoms with Crippen LogP contribution in [0.2, 0.25) is 5.02 Å². The van der Waals surface area contributed by atoms with E-state index < -0.39 is 16.0 Å². The second-order valence-electron chi connectivity index (χ2n) is 8.83. The molecule has 0 aromatic heterocycles. The maximum absolute atomic E-state index is 13.0. The van der Waals surface area contributed by atoms with E-state index in [1.807, 2.05) is 7.05 Å². The van der Waals surface area contributed by atoms with Crippen molar-refractivity contribution >= 4 is 33.3 Å². The van der Waals surface area contributed by atoms with Crippen molar-refractivity contribution in [2.45, 2.75) is 49.3 Å². The Bertz CT molecular complexity index is 1300. The summed E-state index contributed by atoms with van der Waals surface area (Å²) in [5.41, 5.74) is 4.19. The SMILES string of the molecule is CN1C2=C(C(=O)CCC2)C(c2ccc(OS(=O)(=O)c3ccc(Cl)cc3)cc2)C2=C1CCCC2=O. The van der Waals surface area contributed by atoms with Crippen molar-refractivity contribution in [2.24, 2.45) is 0 Å². The highest BCUT2D eigenvalue weighted by Gasteiger charge is 2.42. The van der Waals surface area contributed by atoms with Gasteiger partial charge >= 0.3 is 10.1 Å². The second-order valence-corrected chi connectivity index (χ2v) is 10.8. The number of rotatable bonds is 4. The predicted molar refractivity (Wildman–Crippen MR) is 128 cm³/mol. The van der Waals surface area contributed by atoms with E-state index >= 15 is 0 Å². The molecule has 0 radical (unpaired) electrons. The average Bonchev–Trinajstić information content (AvgIpc) is 2.81. The number of Topliss-reactive ketones (excluding diaryl/α,β-unsaturated/α-hetero) is 2. The normalized spacial score (nSPS) is 19.3. The van der Waals surface area contributed by atoms with E-state index in [0.717, 1.165) is 42.6 Å². The van der Waals surface area contributed by atoms with Gasteiger partial charge in [-0.3, -0.25) is 9.59 Å². The summed E-state index contributed by atoms with van der Waals surface area (Å²) in [6, 6.07) is 12.4. The number of nitrogens with zero attached hydrogens (tertiary/aromatic N) is 1. The lowest BCUT2D eigenvalue weighted by Crippen LogP contribution is -2.37. The zero-order valence-electron chi connectivity index (χ0n) is 18.7. The molecule has 176 valence electrons. The molecule has 0 saturated heterocycles. The number of carbonyl (C=O) groups excluding carboxylic acids is 2. The molecule has 0 bridgehead atoms. The number of hydrogen-bond acceptors (Lipinski definition) is 6. The Hall–Kier alpha value is -2.90. The van der Waals surface area contributed by atoms with Gasteiger partial charge < -0.3 is 9.08 Å². The Balaban J connectivity index is 1.51. The van der Waals surface area contributed by atoms with Crippen molar-refractivity contribution in [2.75, 3.05) is 7.05 Å². The number of halogens is 1. The van der Waals surface area contributed by atoms with Gasteiger partial charge in [0.05, 0.1) is 0 Å². The summed E-state index contributed by atoms with van der Waals surface area (Å²) in [4.78, 5) is 28.1. The van der Waals surface area contributed by atoms with Crippen LogP contribution in [0.3, 0.4) is 0 Å². The third kappa shape index (κ3) is 3.97. The monoisotopic (exact) mass is 497 g/mol. The van der Waals surface area contributed by atoms with Gasteiger partial charge in [0.15, 0.2) is 11.6 Å². The Labute approximate surface area is 204 Å². The molecule has 0 unspecified atom stereocenters. The van der Waals surface area contributed by atoms with Crippen LogP contribution >= 0.6 is 11.6 Å². The molecule has 0 atom stereocenters. The van der Waals surface area contributed by atoms with E-state index in [0.29, 0.717) is 29.0 Å². The highest BCUT2D eigenvalue weighted by Crippen LogP contribution is 2.48. The minimum absolute atomic E-state index is 0.00138. The van der Waals surface area contributed by atoms with Crippen molar-refractivity contribution < 1.29 is 22.2 Å². The predicted octanol–water partition coefficient (Wildman–Crippen LogP) is 5.15. The maximum Gasteiger partial charge on any atom is 0.339 e. The summed E-state index contributed by atoms with van der Waals surface area (Å²) < 4.78 is 30.6. The average molecular weight is 498 g/mol. The van der Waals surface area contributed by atoms with Gasteiger partial charge in [-0.25, -0.2) is 0 Å². The Morgan fingerprint density at radius 1 is 0.824 bits per heavy atom. The van der Waals surface area contributed by atoms with Crippen LogP contribution < -0.4 is 4.18 Å². The summed E-state index contributed by atoms with van der Waals surface area (Å²) in [5.74, 6) is -0.119. The van der Waals surface area contributed by atoms with Crippen LogP contribution in [0.1, 0.15) is 50.0 Å². The summed E-state index contributed by atoms with van der Waals surface area (Å²) >= 11 is 5.85. The van der Waals surface area contributed by atoms with E-state index in [-0.39, 0.29) is 22.2 Å². The molecule has 0 spiro atoms. The lowest BCUT2D eigenvalue weighted by atomic mass is 9.71. The van der Waals surface area contributed by atoms with Gasteiger partial charge in [0.2, 0.25) is 0 Å². The molecule has 1 heterocycles. The van der Waals surface area contributed by atoms with Crippen LogP contribution in [-0.4, -0.2) is 31.9 Å². The number of ketones is 2. The van der Waals surface area contributed by atoms with Crippen LogP contribution in [0, 0.1) is 0 Å². The standard InChI is InChI=1S/C26H24ClNO5S/c1-28-20-4-2-6-22(29)25(20)24(26-21(28)5-3-7-23(26)30)16-8-12-18(13-9-16)33-34(31,32)19-14-10-17(27)11-15-19/h8-15,24H,2-7H2,1H3. The summed E-state index contributed by atoms with van der Waals surface area (Å²) in [5, 5.41) is 0.429. The van der Waals surface area contributed by atoms with Crippen LogP contribution in [0.15, 0.2) is 76.0 Å². The van der Waals surface area contributed by atoms with Crippen LogP contribution in [0.5, 0.6) is 5.75 Å². The molecule has 2 aliphatic carbocycles. The molecule has 2 aromatic rings. The van der Waals surface area contributed by atoms with E-state index in [2.05, 4.69) is 4.90 Å². The molecule has 3 aliphatic rings. The molecule has 6 nitrogen and oxygen atoms in total. The molecular weight excluding hydrogens is 474 g/mol. The zero-order chi connectivity index (χ0) is 24.0. The highest BCUT2D eigenvalue weighted by atomic mass is 35.5. The minimum atomic E-state index is -4.02. The zero-order valence-corrected chi connectivity index (χ0v) is 20.3. The van der Waals surface area contributed by atoms with Crippen LogP contribution in [0.25, 0.3) is 0 Å². The van der Waals surface area contributed by atoms with E-state index in [1.54, 1.807) is 24.3 Å². The van der Waals surface area contributed by atoms with Crippen molar-refractivity contribution in [3.05, 3.63) is 81.7 Å². The van der Waals surface area contributed by atoms with E-state index in [1.165, 1.54) is 24.3 Å². The van der Waals surface area contributed by atoms with Gasteiger partial charge in [-0.15, -0.1) is 0 Å². The molecule has 0 fully saturated rings. The second kappa shape index (κ2) is 8.71. The molecule has 1 aliphatic heterocycles. The van der Waals surface area contributed by atoms with Gasteiger partial charge in [-0.2, -0.15) is 8.42 Å². The summed E-state index contributed by atoms with van der Waals surface area (Å²) in [6.45, 7) is 0. The van der Waals surface area contributed by atoms with Gasteiger partial charge in [0, 0.05) is 53.4 Å². The number of allylic oxidation sites excluding steroid dienone is 4. The van der Waals surface area contributed by atoms with Crippen molar-refractivity contribution in [1.29, 1.82) is 0 Å². The first kappa shape index (κ1) is 22.9.